The van der Waals surface area contributed by atoms with Gasteiger partial charge in [-0.2, -0.15) is 5.10 Å². The summed E-state index contributed by atoms with van der Waals surface area (Å²) in [7, 11) is 0. The van der Waals surface area contributed by atoms with Crippen LogP contribution in [-0.2, 0) is 17.9 Å². The molecule has 0 aliphatic rings. The van der Waals surface area contributed by atoms with Crippen LogP contribution in [0, 0.1) is 5.82 Å². The van der Waals surface area contributed by atoms with Crippen molar-refractivity contribution in [3.05, 3.63) is 86.9 Å². The van der Waals surface area contributed by atoms with Gasteiger partial charge in [0, 0.05) is 34.6 Å². The van der Waals surface area contributed by atoms with Crippen LogP contribution in [0.1, 0.15) is 12.0 Å². The van der Waals surface area contributed by atoms with Crippen molar-refractivity contribution >= 4 is 21.8 Å². The molecule has 1 amide bonds. The van der Waals surface area contributed by atoms with Crippen LogP contribution in [0.15, 0.2) is 69.9 Å². The minimum absolute atomic E-state index is 0.0746. The summed E-state index contributed by atoms with van der Waals surface area (Å²) in [6.07, 6.45) is 0.0746. The Morgan fingerprint density at radius 3 is 2.56 bits per heavy atom. The minimum atomic E-state index is -0.363. The van der Waals surface area contributed by atoms with Crippen molar-refractivity contribution in [2.75, 3.05) is 0 Å². The predicted molar refractivity (Wildman–Crippen MR) is 104 cm³/mol. The Kier molecular flexibility index (Phi) is 6.13. The zero-order chi connectivity index (χ0) is 19.2. The van der Waals surface area contributed by atoms with E-state index in [1.54, 1.807) is 24.3 Å². The molecule has 3 rings (SSSR count). The Hall–Kier alpha value is -2.80. The monoisotopic (exact) mass is 429 g/mol. The van der Waals surface area contributed by atoms with Crippen LogP contribution in [-0.4, -0.2) is 15.7 Å². The molecule has 0 saturated carbocycles. The van der Waals surface area contributed by atoms with Gasteiger partial charge < -0.3 is 5.32 Å². The quantitative estimate of drug-likeness (QED) is 0.651. The molecule has 27 heavy (non-hydrogen) atoms. The average Bonchev–Trinajstić information content (AvgIpc) is 2.67. The van der Waals surface area contributed by atoms with Gasteiger partial charge in [0.1, 0.15) is 5.82 Å². The summed E-state index contributed by atoms with van der Waals surface area (Å²) in [6.45, 7) is 0.249. The molecule has 1 heterocycles. The van der Waals surface area contributed by atoms with E-state index in [4.69, 9.17) is 0 Å². The van der Waals surface area contributed by atoms with Gasteiger partial charge in [-0.15, -0.1) is 0 Å². The highest BCUT2D eigenvalue weighted by Crippen LogP contribution is 2.18. The first-order valence-corrected chi connectivity index (χ1v) is 9.16. The maximum absolute atomic E-state index is 13.6. The summed E-state index contributed by atoms with van der Waals surface area (Å²) in [5.74, 6) is -0.640. The third-order valence-electron chi connectivity index (χ3n) is 3.99. The van der Waals surface area contributed by atoms with Gasteiger partial charge in [-0.25, -0.2) is 9.07 Å². The molecular formula is C20H17BrFN3O2. The van der Waals surface area contributed by atoms with E-state index in [2.05, 4.69) is 26.3 Å². The molecule has 0 atom stereocenters. The van der Waals surface area contributed by atoms with Crippen molar-refractivity contribution in [1.82, 2.24) is 15.1 Å². The molecule has 7 heteroatoms. The number of aryl methyl sites for hydroxylation is 1. The van der Waals surface area contributed by atoms with Crippen molar-refractivity contribution < 1.29 is 9.18 Å². The number of carbonyl (C=O) groups is 1. The second kappa shape index (κ2) is 8.73. The number of nitrogens with one attached hydrogen (secondary N) is 1. The summed E-state index contributed by atoms with van der Waals surface area (Å²) >= 11 is 3.38. The van der Waals surface area contributed by atoms with Crippen molar-refractivity contribution in [2.24, 2.45) is 0 Å². The van der Waals surface area contributed by atoms with E-state index in [0.717, 1.165) is 10.0 Å². The van der Waals surface area contributed by atoms with Crippen LogP contribution in [0.3, 0.4) is 0 Å². The smallest absolute Gasteiger partial charge is 0.266 e. The Labute approximate surface area is 164 Å². The van der Waals surface area contributed by atoms with Crippen molar-refractivity contribution in [1.29, 1.82) is 0 Å². The number of aromatic nitrogens is 2. The van der Waals surface area contributed by atoms with Crippen LogP contribution in [0.5, 0.6) is 0 Å². The van der Waals surface area contributed by atoms with E-state index >= 15 is 0 Å². The van der Waals surface area contributed by atoms with Crippen molar-refractivity contribution in [3.63, 3.8) is 0 Å². The first-order chi connectivity index (χ1) is 13.0. The molecule has 1 aromatic heterocycles. The third kappa shape index (κ3) is 5.10. The molecule has 0 saturated heterocycles. The van der Waals surface area contributed by atoms with Crippen LogP contribution in [0.25, 0.3) is 11.3 Å². The Balaban J connectivity index is 1.62. The van der Waals surface area contributed by atoms with E-state index in [1.807, 2.05) is 24.3 Å². The normalized spacial score (nSPS) is 10.6. The average molecular weight is 430 g/mol. The van der Waals surface area contributed by atoms with Crippen molar-refractivity contribution in [2.45, 2.75) is 19.5 Å². The van der Waals surface area contributed by atoms with Gasteiger partial charge in [0.15, 0.2) is 0 Å². The molecular weight excluding hydrogens is 413 g/mol. The molecule has 138 valence electrons. The number of rotatable bonds is 6. The van der Waals surface area contributed by atoms with Gasteiger partial charge in [0.25, 0.3) is 5.56 Å². The molecule has 0 fully saturated rings. The summed E-state index contributed by atoms with van der Waals surface area (Å²) < 4.78 is 15.8. The number of hydrogen-bond donors (Lipinski definition) is 1. The summed E-state index contributed by atoms with van der Waals surface area (Å²) in [5.41, 5.74) is 1.65. The molecule has 3 aromatic rings. The van der Waals surface area contributed by atoms with E-state index in [9.17, 15) is 14.0 Å². The first-order valence-electron chi connectivity index (χ1n) is 8.37. The Morgan fingerprint density at radius 1 is 1.07 bits per heavy atom. The summed E-state index contributed by atoms with van der Waals surface area (Å²) in [6, 6.07) is 16.9. The number of nitrogens with zero attached hydrogens (tertiary/aromatic N) is 2. The molecule has 0 bridgehead atoms. The summed E-state index contributed by atoms with van der Waals surface area (Å²) in [4.78, 5) is 24.0. The number of halogens is 2. The van der Waals surface area contributed by atoms with Crippen LogP contribution in [0.2, 0.25) is 0 Å². The first kappa shape index (κ1) is 19.0. The minimum Gasteiger partial charge on any atom is -0.352 e. The lowest BCUT2D eigenvalue weighted by Gasteiger charge is -2.09. The van der Waals surface area contributed by atoms with E-state index < -0.39 is 0 Å². The lowest BCUT2D eigenvalue weighted by molar-refractivity contribution is -0.121. The van der Waals surface area contributed by atoms with Crippen molar-refractivity contribution in [3.8, 4) is 11.3 Å². The topological polar surface area (TPSA) is 64.0 Å². The van der Waals surface area contributed by atoms with E-state index in [0.29, 0.717) is 11.3 Å². The molecule has 1 N–H and O–H groups in total. The zero-order valence-corrected chi connectivity index (χ0v) is 15.9. The van der Waals surface area contributed by atoms with Gasteiger partial charge in [-0.3, -0.25) is 9.59 Å². The lowest BCUT2D eigenvalue weighted by atomic mass is 10.1. The molecule has 0 radical (unpaired) electrons. The highest BCUT2D eigenvalue weighted by Gasteiger charge is 2.08. The van der Waals surface area contributed by atoms with Crippen LogP contribution in [0.4, 0.5) is 4.39 Å². The molecule has 0 aliphatic heterocycles. The lowest BCUT2D eigenvalue weighted by Crippen LogP contribution is -2.28. The molecule has 2 aromatic carbocycles. The second-order valence-corrected chi connectivity index (χ2v) is 6.82. The van der Waals surface area contributed by atoms with E-state index in [-0.39, 0.29) is 36.8 Å². The highest BCUT2D eigenvalue weighted by atomic mass is 79.9. The Bertz CT molecular complexity index is 1000. The standard InChI is InChI=1S/C20H17BrFN3O2/c21-16-7-5-14(6-8-16)18-9-10-20(27)25(24-18)12-11-19(26)23-13-15-3-1-2-4-17(15)22/h1-10H,11-13H2,(H,23,26). The van der Waals surface area contributed by atoms with Gasteiger partial charge >= 0.3 is 0 Å². The SMILES string of the molecule is O=C(CCn1nc(-c2ccc(Br)cc2)ccc1=O)NCc1ccccc1F. The number of hydrogen-bond acceptors (Lipinski definition) is 3. The fraction of sp³-hybridized carbons (Fsp3) is 0.150. The number of amides is 1. The predicted octanol–water partition coefficient (Wildman–Crippen LogP) is 3.52. The van der Waals surface area contributed by atoms with Gasteiger partial charge in [0.2, 0.25) is 5.91 Å². The molecule has 0 unspecified atom stereocenters. The van der Waals surface area contributed by atoms with Gasteiger partial charge in [0.05, 0.1) is 12.2 Å². The zero-order valence-electron chi connectivity index (χ0n) is 14.4. The second-order valence-electron chi connectivity index (χ2n) is 5.90. The summed E-state index contributed by atoms with van der Waals surface area (Å²) in [5, 5.41) is 6.98. The highest BCUT2D eigenvalue weighted by molar-refractivity contribution is 9.10. The van der Waals surface area contributed by atoms with Crippen LogP contribution >= 0.6 is 15.9 Å². The van der Waals surface area contributed by atoms with E-state index in [1.165, 1.54) is 16.8 Å². The fourth-order valence-corrected chi connectivity index (χ4v) is 2.78. The molecule has 0 aliphatic carbocycles. The Morgan fingerprint density at radius 2 is 1.81 bits per heavy atom. The maximum atomic E-state index is 13.6. The van der Waals surface area contributed by atoms with Crippen LogP contribution < -0.4 is 10.9 Å². The molecule has 0 spiro atoms. The van der Waals surface area contributed by atoms with Gasteiger partial charge in [-0.05, 0) is 24.3 Å². The fourth-order valence-electron chi connectivity index (χ4n) is 2.52. The number of carbonyl (C=O) groups excluding carboxylic acids is 1. The van der Waals surface area contributed by atoms with Gasteiger partial charge in [-0.1, -0.05) is 46.3 Å². The third-order valence-corrected chi connectivity index (χ3v) is 4.52. The number of benzene rings is 2. The largest absolute Gasteiger partial charge is 0.352 e. The maximum Gasteiger partial charge on any atom is 0.266 e. The molecule has 5 nitrogen and oxygen atoms in total.